The highest BCUT2D eigenvalue weighted by Gasteiger charge is 2.18. The first-order valence-electron chi connectivity index (χ1n) is 8.22. The highest BCUT2D eigenvalue weighted by atomic mass is 35.5. The van der Waals surface area contributed by atoms with Gasteiger partial charge < -0.3 is 19.9 Å². The molecule has 1 saturated heterocycles. The highest BCUT2D eigenvalue weighted by Crippen LogP contribution is 2.28. The second-order valence-corrected chi connectivity index (χ2v) is 6.40. The standard InChI is InChI=1S/C19H18ClN3O2/c20-13-5-6-14-15(12-21-17(14)11-13)19(24)22-16-3-1-2-4-18(16)23-7-9-25-10-8-23/h1-6,11-12,21H,7-10H2,(H,22,24). The Kier molecular flexibility index (Phi) is 4.34. The Morgan fingerprint density at radius 3 is 2.80 bits per heavy atom. The summed E-state index contributed by atoms with van der Waals surface area (Å²) in [5.41, 5.74) is 3.27. The van der Waals surface area contributed by atoms with E-state index in [1.165, 1.54) is 0 Å². The molecule has 4 rings (SSSR count). The van der Waals surface area contributed by atoms with Crippen molar-refractivity contribution < 1.29 is 9.53 Å². The summed E-state index contributed by atoms with van der Waals surface area (Å²) in [5, 5.41) is 4.53. The Hall–Kier alpha value is -2.50. The van der Waals surface area contributed by atoms with Gasteiger partial charge in [-0.05, 0) is 24.3 Å². The summed E-state index contributed by atoms with van der Waals surface area (Å²) < 4.78 is 5.41. The molecule has 0 bridgehead atoms. The number of rotatable bonds is 3. The molecule has 25 heavy (non-hydrogen) atoms. The topological polar surface area (TPSA) is 57.4 Å². The van der Waals surface area contributed by atoms with E-state index in [-0.39, 0.29) is 5.91 Å². The lowest BCUT2D eigenvalue weighted by molar-refractivity contribution is 0.102. The van der Waals surface area contributed by atoms with Crippen molar-refractivity contribution in [3.63, 3.8) is 0 Å². The fourth-order valence-electron chi connectivity index (χ4n) is 3.14. The maximum absolute atomic E-state index is 12.8. The number of carbonyl (C=O) groups excluding carboxylic acids is 1. The van der Waals surface area contributed by atoms with Crippen LogP contribution in [0.15, 0.2) is 48.7 Å². The van der Waals surface area contributed by atoms with Crippen LogP contribution < -0.4 is 10.2 Å². The largest absolute Gasteiger partial charge is 0.378 e. The van der Waals surface area contributed by atoms with Gasteiger partial charge in [0.1, 0.15) is 0 Å². The van der Waals surface area contributed by atoms with Gasteiger partial charge in [0.25, 0.3) is 5.91 Å². The van der Waals surface area contributed by atoms with Crippen LogP contribution in [0.1, 0.15) is 10.4 Å². The molecule has 2 aromatic carbocycles. The fraction of sp³-hybridized carbons (Fsp3) is 0.211. The van der Waals surface area contributed by atoms with Gasteiger partial charge in [-0.25, -0.2) is 0 Å². The molecular weight excluding hydrogens is 338 g/mol. The summed E-state index contributed by atoms with van der Waals surface area (Å²) in [5.74, 6) is -0.144. The van der Waals surface area contributed by atoms with E-state index in [0.717, 1.165) is 35.4 Å². The van der Waals surface area contributed by atoms with E-state index in [4.69, 9.17) is 16.3 Å². The molecule has 1 aliphatic rings. The van der Waals surface area contributed by atoms with Gasteiger partial charge in [0, 0.05) is 35.2 Å². The first kappa shape index (κ1) is 16.0. The minimum Gasteiger partial charge on any atom is -0.378 e. The Labute approximate surface area is 150 Å². The summed E-state index contributed by atoms with van der Waals surface area (Å²) in [6.45, 7) is 3.04. The Balaban J connectivity index is 1.62. The minimum absolute atomic E-state index is 0.144. The van der Waals surface area contributed by atoms with Crippen molar-refractivity contribution in [1.82, 2.24) is 4.98 Å². The van der Waals surface area contributed by atoms with Crippen molar-refractivity contribution in [2.24, 2.45) is 0 Å². The monoisotopic (exact) mass is 355 g/mol. The van der Waals surface area contributed by atoms with Crippen LogP contribution in [0, 0.1) is 0 Å². The number of carbonyl (C=O) groups is 1. The summed E-state index contributed by atoms with van der Waals surface area (Å²) in [6, 6.07) is 13.3. The van der Waals surface area contributed by atoms with Gasteiger partial charge in [0.2, 0.25) is 0 Å². The number of hydrogen-bond acceptors (Lipinski definition) is 3. The van der Waals surface area contributed by atoms with Crippen molar-refractivity contribution in [3.05, 3.63) is 59.2 Å². The first-order valence-corrected chi connectivity index (χ1v) is 8.60. The third kappa shape index (κ3) is 3.21. The molecule has 0 unspecified atom stereocenters. The van der Waals surface area contributed by atoms with Crippen LogP contribution in [-0.2, 0) is 4.74 Å². The number of morpholine rings is 1. The minimum atomic E-state index is -0.144. The molecule has 5 nitrogen and oxygen atoms in total. The first-order chi connectivity index (χ1) is 12.2. The zero-order valence-electron chi connectivity index (χ0n) is 13.6. The van der Waals surface area contributed by atoms with Crippen LogP contribution in [0.3, 0.4) is 0 Å². The molecule has 0 atom stereocenters. The van der Waals surface area contributed by atoms with Crippen molar-refractivity contribution in [1.29, 1.82) is 0 Å². The molecule has 0 spiro atoms. The number of amides is 1. The van der Waals surface area contributed by atoms with Gasteiger partial charge in [0.15, 0.2) is 0 Å². The number of aromatic amines is 1. The SMILES string of the molecule is O=C(Nc1ccccc1N1CCOCC1)c1c[nH]c2cc(Cl)ccc12. The van der Waals surface area contributed by atoms with Crippen LogP contribution >= 0.6 is 11.6 Å². The fourth-order valence-corrected chi connectivity index (χ4v) is 3.31. The Morgan fingerprint density at radius 1 is 1.16 bits per heavy atom. The third-order valence-corrected chi connectivity index (χ3v) is 4.63. The van der Waals surface area contributed by atoms with E-state index in [1.807, 2.05) is 36.4 Å². The molecule has 0 aliphatic carbocycles. The molecule has 3 aromatic rings. The molecular formula is C19H18ClN3O2. The number of fused-ring (bicyclic) bond motifs is 1. The number of nitrogens with one attached hydrogen (secondary N) is 2. The molecule has 1 aliphatic heterocycles. The number of benzene rings is 2. The number of para-hydroxylation sites is 2. The molecule has 1 fully saturated rings. The van der Waals surface area contributed by atoms with Crippen LogP contribution in [0.5, 0.6) is 0 Å². The average molecular weight is 356 g/mol. The maximum atomic E-state index is 12.8. The lowest BCUT2D eigenvalue weighted by atomic mass is 10.1. The van der Waals surface area contributed by atoms with Crippen LogP contribution in [0.4, 0.5) is 11.4 Å². The quantitative estimate of drug-likeness (QED) is 0.749. The Morgan fingerprint density at radius 2 is 1.96 bits per heavy atom. The molecule has 1 aromatic heterocycles. The second-order valence-electron chi connectivity index (χ2n) is 5.96. The number of hydrogen-bond donors (Lipinski definition) is 2. The molecule has 0 radical (unpaired) electrons. The van der Waals surface area contributed by atoms with Gasteiger partial charge in [-0.1, -0.05) is 29.8 Å². The number of anilines is 2. The molecule has 6 heteroatoms. The normalized spacial score (nSPS) is 14.7. The van der Waals surface area contributed by atoms with Crippen molar-refractivity contribution in [3.8, 4) is 0 Å². The average Bonchev–Trinajstić information content (AvgIpc) is 3.06. The third-order valence-electron chi connectivity index (χ3n) is 4.39. The van der Waals surface area contributed by atoms with E-state index >= 15 is 0 Å². The van der Waals surface area contributed by atoms with E-state index in [0.29, 0.717) is 23.8 Å². The van der Waals surface area contributed by atoms with Crippen molar-refractivity contribution in [2.75, 3.05) is 36.5 Å². The van der Waals surface area contributed by atoms with E-state index in [1.54, 1.807) is 12.3 Å². The number of halogens is 1. The summed E-state index contributed by atoms with van der Waals surface area (Å²) in [6.07, 6.45) is 1.72. The van der Waals surface area contributed by atoms with E-state index in [2.05, 4.69) is 15.2 Å². The molecule has 2 heterocycles. The Bertz CT molecular complexity index is 916. The van der Waals surface area contributed by atoms with Gasteiger partial charge in [0.05, 0.1) is 30.2 Å². The van der Waals surface area contributed by atoms with Gasteiger partial charge >= 0.3 is 0 Å². The summed E-state index contributed by atoms with van der Waals surface area (Å²) >= 11 is 6.01. The lowest BCUT2D eigenvalue weighted by Gasteiger charge is -2.30. The predicted molar refractivity (Wildman–Crippen MR) is 101 cm³/mol. The van der Waals surface area contributed by atoms with Crippen molar-refractivity contribution in [2.45, 2.75) is 0 Å². The van der Waals surface area contributed by atoms with Gasteiger partial charge in [-0.2, -0.15) is 0 Å². The number of nitrogens with zero attached hydrogens (tertiary/aromatic N) is 1. The number of aromatic nitrogens is 1. The zero-order valence-corrected chi connectivity index (χ0v) is 14.3. The van der Waals surface area contributed by atoms with Gasteiger partial charge in [-0.15, -0.1) is 0 Å². The lowest BCUT2D eigenvalue weighted by Crippen LogP contribution is -2.36. The van der Waals surface area contributed by atoms with Gasteiger partial charge in [-0.3, -0.25) is 4.79 Å². The molecule has 2 N–H and O–H groups in total. The molecule has 1 amide bonds. The zero-order chi connectivity index (χ0) is 17.2. The number of H-pyrrole nitrogens is 1. The van der Waals surface area contributed by atoms with Crippen LogP contribution in [0.25, 0.3) is 10.9 Å². The van der Waals surface area contributed by atoms with Crippen LogP contribution in [0.2, 0.25) is 5.02 Å². The summed E-state index contributed by atoms with van der Waals surface area (Å²) in [7, 11) is 0. The summed E-state index contributed by atoms with van der Waals surface area (Å²) in [4.78, 5) is 18.1. The van der Waals surface area contributed by atoms with Crippen molar-refractivity contribution >= 4 is 39.8 Å². The van der Waals surface area contributed by atoms with Crippen LogP contribution in [-0.4, -0.2) is 37.2 Å². The predicted octanol–water partition coefficient (Wildman–Crippen LogP) is 3.91. The maximum Gasteiger partial charge on any atom is 0.257 e. The second kappa shape index (κ2) is 6.78. The highest BCUT2D eigenvalue weighted by molar-refractivity contribution is 6.31. The number of ether oxygens (including phenoxy) is 1. The van der Waals surface area contributed by atoms with E-state index in [9.17, 15) is 4.79 Å². The smallest absolute Gasteiger partial charge is 0.257 e. The molecule has 0 saturated carbocycles. The van der Waals surface area contributed by atoms with E-state index < -0.39 is 0 Å². The molecule has 128 valence electrons.